The van der Waals surface area contributed by atoms with Crippen LogP contribution in [-0.4, -0.2) is 16.0 Å². The Morgan fingerprint density at radius 2 is 1.88 bits per heavy atom. The average molecular weight is 284 g/mol. The molecule has 88 valence electrons. The molecule has 2 rings (SSSR count). The highest BCUT2D eigenvalue weighted by molar-refractivity contribution is 9.10. The summed E-state index contributed by atoms with van der Waals surface area (Å²) in [7, 11) is 0. The van der Waals surface area contributed by atoms with Crippen LogP contribution < -0.4 is 5.32 Å². The van der Waals surface area contributed by atoms with E-state index in [1.54, 1.807) is 12.4 Å². The molecule has 4 heteroatoms. The predicted octanol–water partition coefficient (Wildman–Crippen LogP) is 3.62. The minimum atomic E-state index is 0.474. The summed E-state index contributed by atoms with van der Waals surface area (Å²) >= 11 is 3.34. The van der Waals surface area contributed by atoms with Crippen LogP contribution in [0.4, 0.5) is 5.95 Å². The number of nitrogens with zero attached hydrogens (tertiary/aromatic N) is 2. The van der Waals surface area contributed by atoms with Gasteiger partial charge in [0.25, 0.3) is 0 Å². The smallest absolute Gasteiger partial charge is 0.222 e. The second-order valence-corrected chi connectivity index (χ2v) is 5.47. The highest BCUT2D eigenvalue weighted by atomic mass is 79.9. The van der Waals surface area contributed by atoms with Crippen molar-refractivity contribution in [3.8, 4) is 0 Å². The maximum absolute atomic E-state index is 4.24. The van der Waals surface area contributed by atoms with Crippen LogP contribution in [-0.2, 0) is 0 Å². The Bertz CT molecular complexity index is 320. The predicted molar refractivity (Wildman–Crippen MR) is 69.4 cm³/mol. The Morgan fingerprint density at radius 1 is 1.25 bits per heavy atom. The van der Waals surface area contributed by atoms with Crippen molar-refractivity contribution >= 4 is 21.9 Å². The second kappa shape index (κ2) is 5.62. The Hall–Kier alpha value is -0.640. The molecule has 0 bridgehead atoms. The van der Waals surface area contributed by atoms with Crippen molar-refractivity contribution in [2.24, 2.45) is 5.92 Å². The first-order valence-electron chi connectivity index (χ1n) is 6.00. The third-order valence-electron chi connectivity index (χ3n) is 3.33. The highest BCUT2D eigenvalue weighted by Gasteiger charge is 2.20. The molecule has 1 aromatic heterocycles. The van der Waals surface area contributed by atoms with Gasteiger partial charge >= 0.3 is 0 Å². The monoisotopic (exact) mass is 283 g/mol. The lowest BCUT2D eigenvalue weighted by atomic mass is 9.85. The molecule has 1 unspecified atom stereocenters. The van der Waals surface area contributed by atoms with E-state index in [2.05, 4.69) is 38.1 Å². The molecule has 0 aromatic carbocycles. The Balaban J connectivity index is 1.90. The van der Waals surface area contributed by atoms with Crippen LogP contribution in [0.3, 0.4) is 0 Å². The molecule has 1 aromatic rings. The first-order valence-corrected chi connectivity index (χ1v) is 6.79. The van der Waals surface area contributed by atoms with Crippen LogP contribution >= 0.6 is 15.9 Å². The third kappa shape index (κ3) is 3.17. The number of aromatic nitrogens is 2. The van der Waals surface area contributed by atoms with E-state index in [-0.39, 0.29) is 0 Å². The molecule has 1 atom stereocenters. The zero-order valence-corrected chi connectivity index (χ0v) is 11.2. The summed E-state index contributed by atoms with van der Waals surface area (Å²) in [5.41, 5.74) is 0. The van der Waals surface area contributed by atoms with Gasteiger partial charge in [0.2, 0.25) is 5.95 Å². The van der Waals surface area contributed by atoms with E-state index < -0.39 is 0 Å². The lowest BCUT2D eigenvalue weighted by molar-refractivity contribution is 0.327. The first kappa shape index (κ1) is 11.8. The molecular formula is C12H18BrN3. The average Bonchev–Trinajstić information content (AvgIpc) is 2.33. The number of nitrogens with one attached hydrogen (secondary N) is 1. The van der Waals surface area contributed by atoms with Gasteiger partial charge in [0.1, 0.15) is 0 Å². The fourth-order valence-corrected chi connectivity index (χ4v) is 2.55. The van der Waals surface area contributed by atoms with Crippen LogP contribution in [0.5, 0.6) is 0 Å². The number of rotatable bonds is 3. The normalized spacial score (nSPS) is 19.4. The second-order valence-electron chi connectivity index (χ2n) is 4.56. The van der Waals surface area contributed by atoms with Crippen molar-refractivity contribution in [1.29, 1.82) is 0 Å². The molecule has 1 aliphatic rings. The van der Waals surface area contributed by atoms with Gasteiger partial charge in [-0.2, -0.15) is 0 Å². The number of hydrogen-bond donors (Lipinski definition) is 1. The molecule has 3 nitrogen and oxygen atoms in total. The minimum Gasteiger partial charge on any atom is -0.351 e. The van der Waals surface area contributed by atoms with Crippen molar-refractivity contribution in [3.63, 3.8) is 0 Å². The minimum absolute atomic E-state index is 0.474. The molecule has 0 amide bonds. The van der Waals surface area contributed by atoms with E-state index in [0.29, 0.717) is 6.04 Å². The summed E-state index contributed by atoms with van der Waals surface area (Å²) in [6, 6.07) is 0.474. The lowest BCUT2D eigenvalue weighted by Crippen LogP contribution is -2.28. The van der Waals surface area contributed by atoms with Crippen molar-refractivity contribution in [2.45, 2.75) is 45.1 Å². The largest absolute Gasteiger partial charge is 0.351 e. The van der Waals surface area contributed by atoms with Crippen molar-refractivity contribution in [1.82, 2.24) is 9.97 Å². The number of halogens is 1. The van der Waals surface area contributed by atoms with Gasteiger partial charge in [-0.05, 0) is 41.6 Å². The van der Waals surface area contributed by atoms with Gasteiger partial charge in [-0.15, -0.1) is 0 Å². The molecule has 0 radical (unpaired) electrons. The Morgan fingerprint density at radius 3 is 2.50 bits per heavy atom. The highest BCUT2D eigenvalue weighted by Crippen LogP contribution is 2.27. The fraction of sp³-hybridized carbons (Fsp3) is 0.667. The molecule has 0 saturated heterocycles. The van der Waals surface area contributed by atoms with E-state index >= 15 is 0 Å². The van der Waals surface area contributed by atoms with Crippen LogP contribution in [0.25, 0.3) is 0 Å². The van der Waals surface area contributed by atoms with Gasteiger partial charge in [0.15, 0.2) is 0 Å². The Labute approximate surface area is 105 Å². The van der Waals surface area contributed by atoms with E-state index in [4.69, 9.17) is 0 Å². The topological polar surface area (TPSA) is 37.8 Å². The summed E-state index contributed by atoms with van der Waals surface area (Å²) in [6.45, 7) is 2.24. The summed E-state index contributed by atoms with van der Waals surface area (Å²) in [4.78, 5) is 8.49. The lowest BCUT2D eigenvalue weighted by Gasteiger charge is -2.28. The van der Waals surface area contributed by atoms with Gasteiger partial charge in [0.05, 0.1) is 4.47 Å². The molecule has 1 fully saturated rings. The summed E-state index contributed by atoms with van der Waals surface area (Å²) in [6.07, 6.45) is 10.4. The van der Waals surface area contributed by atoms with Gasteiger partial charge in [-0.1, -0.05) is 19.3 Å². The van der Waals surface area contributed by atoms with E-state index in [1.807, 2.05) is 0 Å². The summed E-state index contributed by atoms with van der Waals surface area (Å²) in [5.74, 6) is 1.52. The zero-order chi connectivity index (χ0) is 11.4. The molecule has 0 aliphatic heterocycles. The van der Waals surface area contributed by atoms with Gasteiger partial charge in [-0.25, -0.2) is 9.97 Å². The zero-order valence-electron chi connectivity index (χ0n) is 9.62. The third-order valence-corrected chi connectivity index (χ3v) is 3.74. The number of anilines is 1. The van der Waals surface area contributed by atoms with E-state index in [9.17, 15) is 0 Å². The van der Waals surface area contributed by atoms with Crippen LogP contribution in [0.1, 0.15) is 39.0 Å². The van der Waals surface area contributed by atoms with Crippen molar-refractivity contribution in [2.75, 3.05) is 5.32 Å². The first-order chi connectivity index (χ1) is 7.75. The maximum atomic E-state index is 4.24. The molecular weight excluding hydrogens is 266 g/mol. The molecule has 1 heterocycles. The van der Waals surface area contributed by atoms with Crippen LogP contribution in [0.2, 0.25) is 0 Å². The molecule has 0 spiro atoms. The van der Waals surface area contributed by atoms with Gasteiger partial charge < -0.3 is 5.32 Å². The molecule has 1 N–H and O–H groups in total. The Kier molecular flexibility index (Phi) is 4.16. The standard InChI is InChI=1S/C12H18BrN3/c1-9(10-5-3-2-4-6-10)16-12-14-7-11(13)8-15-12/h7-10H,2-6H2,1H3,(H,14,15,16). The van der Waals surface area contributed by atoms with Crippen molar-refractivity contribution < 1.29 is 0 Å². The quantitative estimate of drug-likeness (QED) is 0.921. The summed E-state index contributed by atoms with van der Waals surface area (Å²) < 4.78 is 0.920. The fourth-order valence-electron chi connectivity index (χ4n) is 2.34. The maximum Gasteiger partial charge on any atom is 0.222 e. The SMILES string of the molecule is CC(Nc1ncc(Br)cn1)C1CCCCC1. The molecule has 16 heavy (non-hydrogen) atoms. The molecule has 1 aliphatic carbocycles. The molecule has 1 saturated carbocycles. The van der Waals surface area contributed by atoms with Crippen LogP contribution in [0.15, 0.2) is 16.9 Å². The van der Waals surface area contributed by atoms with Gasteiger partial charge in [-0.3, -0.25) is 0 Å². The van der Waals surface area contributed by atoms with E-state index in [1.165, 1.54) is 32.1 Å². The van der Waals surface area contributed by atoms with Crippen molar-refractivity contribution in [3.05, 3.63) is 16.9 Å². The van der Waals surface area contributed by atoms with E-state index in [0.717, 1.165) is 16.3 Å². The summed E-state index contributed by atoms with van der Waals surface area (Å²) in [5, 5.41) is 3.40. The van der Waals surface area contributed by atoms with Crippen LogP contribution in [0, 0.1) is 5.92 Å². The van der Waals surface area contributed by atoms with Gasteiger partial charge in [0, 0.05) is 18.4 Å². The number of hydrogen-bond acceptors (Lipinski definition) is 3.